The van der Waals surface area contributed by atoms with Gasteiger partial charge in [0.25, 0.3) is 5.56 Å². The van der Waals surface area contributed by atoms with E-state index in [0.717, 1.165) is 16.5 Å². The molecule has 3 aromatic carbocycles. The number of aromatic nitrogens is 2. The standard InChI is InChI=1S/C23H19N5O2/c1-14-13-19(30)28-21(20-17-10-6-5-7-15(17)11-12-18(20)29)26-22(27-23(28)24-14)25-16-8-3-2-4-9-16/h2-13,21,29H,1H3,(H2,24,25,26,27)/t21-/m1/s1. The summed E-state index contributed by atoms with van der Waals surface area (Å²) in [6.07, 6.45) is -0.779. The van der Waals surface area contributed by atoms with Crippen LogP contribution in [0, 0.1) is 6.92 Å². The highest BCUT2D eigenvalue weighted by molar-refractivity contribution is 6.03. The van der Waals surface area contributed by atoms with E-state index < -0.39 is 6.17 Å². The van der Waals surface area contributed by atoms with Crippen LogP contribution in [0.15, 0.2) is 82.6 Å². The van der Waals surface area contributed by atoms with E-state index in [1.807, 2.05) is 60.7 Å². The van der Waals surface area contributed by atoms with Crippen LogP contribution in [0.4, 0.5) is 11.6 Å². The predicted molar refractivity (Wildman–Crippen MR) is 118 cm³/mol. The molecule has 0 bridgehead atoms. The van der Waals surface area contributed by atoms with Crippen molar-refractivity contribution in [2.75, 3.05) is 10.6 Å². The van der Waals surface area contributed by atoms with Crippen LogP contribution in [-0.4, -0.2) is 20.6 Å². The zero-order valence-electron chi connectivity index (χ0n) is 16.2. The number of anilines is 2. The Morgan fingerprint density at radius 1 is 1.03 bits per heavy atom. The summed E-state index contributed by atoms with van der Waals surface area (Å²) < 4.78 is 1.46. The van der Waals surface area contributed by atoms with Crippen molar-refractivity contribution in [1.82, 2.24) is 9.55 Å². The van der Waals surface area contributed by atoms with Crippen molar-refractivity contribution >= 4 is 28.4 Å². The summed E-state index contributed by atoms with van der Waals surface area (Å²) in [7, 11) is 0. The van der Waals surface area contributed by atoms with Crippen molar-refractivity contribution < 1.29 is 5.11 Å². The quantitative estimate of drug-likeness (QED) is 0.478. The van der Waals surface area contributed by atoms with Crippen molar-refractivity contribution in [3.63, 3.8) is 0 Å². The van der Waals surface area contributed by atoms with Gasteiger partial charge in [0.15, 0.2) is 6.17 Å². The van der Waals surface area contributed by atoms with Gasteiger partial charge in [-0.25, -0.2) is 9.98 Å². The van der Waals surface area contributed by atoms with Gasteiger partial charge < -0.3 is 10.4 Å². The van der Waals surface area contributed by atoms with Gasteiger partial charge >= 0.3 is 0 Å². The maximum Gasteiger partial charge on any atom is 0.257 e. The predicted octanol–water partition coefficient (Wildman–Crippen LogP) is 3.85. The van der Waals surface area contributed by atoms with E-state index in [-0.39, 0.29) is 11.3 Å². The molecule has 30 heavy (non-hydrogen) atoms. The second-order valence-electron chi connectivity index (χ2n) is 7.12. The van der Waals surface area contributed by atoms with Gasteiger partial charge in [0, 0.05) is 23.0 Å². The first-order valence-corrected chi connectivity index (χ1v) is 9.58. The van der Waals surface area contributed by atoms with Gasteiger partial charge in [0.1, 0.15) is 5.75 Å². The zero-order chi connectivity index (χ0) is 20.7. The summed E-state index contributed by atoms with van der Waals surface area (Å²) in [5, 5.41) is 18.9. The third-order valence-corrected chi connectivity index (χ3v) is 5.05. The van der Waals surface area contributed by atoms with Crippen LogP contribution >= 0.6 is 0 Å². The van der Waals surface area contributed by atoms with E-state index in [1.165, 1.54) is 10.6 Å². The Kier molecular flexibility index (Phi) is 4.21. The van der Waals surface area contributed by atoms with E-state index in [0.29, 0.717) is 23.2 Å². The first kappa shape index (κ1) is 17.9. The molecular formula is C23H19N5O2. The second kappa shape index (κ2) is 7.04. The van der Waals surface area contributed by atoms with Gasteiger partial charge in [-0.3, -0.25) is 14.7 Å². The van der Waals surface area contributed by atoms with E-state index in [9.17, 15) is 9.90 Å². The third kappa shape index (κ3) is 3.06. The number of guanidine groups is 1. The molecule has 0 spiro atoms. The van der Waals surface area contributed by atoms with E-state index in [2.05, 4.69) is 15.6 Å². The van der Waals surface area contributed by atoms with Crippen LogP contribution in [0.1, 0.15) is 17.4 Å². The number of nitrogens with one attached hydrogen (secondary N) is 2. The molecule has 1 aliphatic rings. The molecule has 5 rings (SSSR count). The van der Waals surface area contributed by atoms with Crippen LogP contribution in [0.3, 0.4) is 0 Å². The number of nitrogens with zero attached hydrogens (tertiary/aromatic N) is 3. The van der Waals surface area contributed by atoms with Gasteiger partial charge in [-0.2, -0.15) is 0 Å². The number of para-hydroxylation sites is 1. The Balaban J connectivity index is 1.73. The number of hydrogen-bond donors (Lipinski definition) is 3. The summed E-state index contributed by atoms with van der Waals surface area (Å²) in [4.78, 5) is 22.1. The third-order valence-electron chi connectivity index (χ3n) is 5.05. The van der Waals surface area contributed by atoms with Gasteiger partial charge in [-0.15, -0.1) is 0 Å². The van der Waals surface area contributed by atoms with Crippen LogP contribution in [-0.2, 0) is 0 Å². The first-order valence-electron chi connectivity index (χ1n) is 9.58. The van der Waals surface area contributed by atoms with Gasteiger partial charge in [0.05, 0.1) is 0 Å². The Morgan fingerprint density at radius 2 is 1.80 bits per heavy atom. The molecule has 3 N–H and O–H groups in total. The highest BCUT2D eigenvalue weighted by Crippen LogP contribution is 2.37. The molecule has 1 aromatic heterocycles. The maximum atomic E-state index is 12.9. The van der Waals surface area contributed by atoms with Crippen molar-refractivity contribution in [3.8, 4) is 5.75 Å². The van der Waals surface area contributed by atoms with Crippen molar-refractivity contribution in [3.05, 3.63) is 94.4 Å². The van der Waals surface area contributed by atoms with Crippen LogP contribution in [0.5, 0.6) is 5.75 Å². The summed E-state index contributed by atoms with van der Waals surface area (Å²) in [5.41, 5.74) is 1.74. The molecule has 0 saturated carbocycles. The topological polar surface area (TPSA) is 91.5 Å². The largest absolute Gasteiger partial charge is 0.507 e. The molecule has 7 nitrogen and oxygen atoms in total. The SMILES string of the molecule is Cc1cc(=O)n2c(n1)NC(Nc1ccccc1)=N[C@H]2c1c(O)ccc2ccccc12. The molecule has 1 atom stereocenters. The Bertz CT molecular complexity index is 1350. The fraction of sp³-hybridized carbons (Fsp3) is 0.0870. The van der Waals surface area contributed by atoms with Gasteiger partial charge in [-0.1, -0.05) is 48.5 Å². The van der Waals surface area contributed by atoms with Crippen molar-refractivity contribution in [2.45, 2.75) is 13.1 Å². The monoisotopic (exact) mass is 397 g/mol. The Morgan fingerprint density at radius 3 is 2.63 bits per heavy atom. The lowest BCUT2D eigenvalue weighted by Gasteiger charge is -2.28. The Hall–Kier alpha value is -4.13. The number of aryl methyl sites for hydroxylation is 1. The summed E-state index contributed by atoms with van der Waals surface area (Å²) in [6.45, 7) is 1.77. The fourth-order valence-electron chi connectivity index (χ4n) is 3.72. The van der Waals surface area contributed by atoms with Crippen LogP contribution in [0.25, 0.3) is 10.8 Å². The number of aliphatic imine (C=N–C) groups is 1. The molecule has 148 valence electrons. The van der Waals surface area contributed by atoms with Crippen molar-refractivity contribution in [1.29, 1.82) is 0 Å². The molecule has 0 aliphatic carbocycles. The summed E-state index contributed by atoms with van der Waals surface area (Å²) >= 11 is 0. The lowest BCUT2D eigenvalue weighted by molar-refractivity contribution is 0.454. The van der Waals surface area contributed by atoms with E-state index in [1.54, 1.807) is 13.0 Å². The number of hydrogen-bond acceptors (Lipinski definition) is 6. The highest BCUT2D eigenvalue weighted by Gasteiger charge is 2.28. The van der Waals surface area contributed by atoms with Crippen LogP contribution in [0.2, 0.25) is 0 Å². The molecule has 0 unspecified atom stereocenters. The minimum Gasteiger partial charge on any atom is -0.507 e. The number of aromatic hydroxyl groups is 1. The number of benzene rings is 3. The number of phenolic OH excluding ortho intramolecular Hbond substituents is 1. The van der Waals surface area contributed by atoms with E-state index >= 15 is 0 Å². The molecular weight excluding hydrogens is 378 g/mol. The van der Waals surface area contributed by atoms with Crippen LogP contribution < -0.4 is 16.2 Å². The van der Waals surface area contributed by atoms with Gasteiger partial charge in [0.2, 0.25) is 11.9 Å². The molecule has 2 heterocycles. The fourth-order valence-corrected chi connectivity index (χ4v) is 3.72. The van der Waals surface area contributed by atoms with Crippen molar-refractivity contribution in [2.24, 2.45) is 4.99 Å². The zero-order valence-corrected chi connectivity index (χ0v) is 16.2. The molecule has 7 heteroatoms. The lowest BCUT2D eigenvalue weighted by atomic mass is 10.0. The lowest BCUT2D eigenvalue weighted by Crippen LogP contribution is -2.37. The van der Waals surface area contributed by atoms with Gasteiger partial charge in [-0.05, 0) is 35.9 Å². The minimum absolute atomic E-state index is 0.0711. The Labute approximate surface area is 172 Å². The molecule has 1 aliphatic heterocycles. The number of rotatable bonds is 2. The number of phenols is 1. The molecule has 0 amide bonds. The average molecular weight is 397 g/mol. The molecule has 0 radical (unpaired) electrons. The minimum atomic E-state index is -0.779. The second-order valence-corrected chi connectivity index (χ2v) is 7.12. The van der Waals surface area contributed by atoms with E-state index in [4.69, 9.17) is 4.99 Å². The number of fused-ring (bicyclic) bond motifs is 2. The summed E-state index contributed by atoms with van der Waals surface area (Å²) in [6, 6.07) is 22.2. The average Bonchev–Trinajstić information content (AvgIpc) is 2.73. The first-order chi connectivity index (χ1) is 14.6. The molecule has 0 fully saturated rings. The smallest absolute Gasteiger partial charge is 0.257 e. The molecule has 0 saturated heterocycles. The molecule has 4 aromatic rings. The normalized spacial score (nSPS) is 15.2. The highest BCUT2D eigenvalue weighted by atomic mass is 16.3. The summed E-state index contributed by atoms with van der Waals surface area (Å²) in [5.74, 6) is 0.878. The maximum absolute atomic E-state index is 12.9.